The van der Waals surface area contributed by atoms with E-state index < -0.39 is 0 Å². The Hall–Kier alpha value is -3.64. The number of hydrogen-bond acceptors (Lipinski definition) is 11. The molecule has 12 heteroatoms. The van der Waals surface area contributed by atoms with Crippen LogP contribution >= 0.6 is 0 Å². The van der Waals surface area contributed by atoms with Crippen LogP contribution in [-0.4, -0.2) is 88.3 Å². The molecular weight excluding hydrogens is 426 g/mol. The van der Waals surface area contributed by atoms with Gasteiger partial charge in [0, 0.05) is 46.2 Å². The summed E-state index contributed by atoms with van der Waals surface area (Å²) in [7, 11) is 3.67. The molecule has 4 aromatic rings. The average molecular weight is 451 g/mol. The van der Waals surface area contributed by atoms with Crippen molar-refractivity contribution in [1.29, 1.82) is 0 Å². The minimum Gasteiger partial charge on any atom is -0.383 e. The summed E-state index contributed by atoms with van der Waals surface area (Å²) >= 11 is 0. The van der Waals surface area contributed by atoms with E-state index in [2.05, 4.69) is 24.9 Å². The van der Waals surface area contributed by atoms with E-state index in [0.29, 0.717) is 73.8 Å². The summed E-state index contributed by atoms with van der Waals surface area (Å²) in [5.41, 5.74) is 2.80. The van der Waals surface area contributed by atoms with E-state index >= 15 is 0 Å². The van der Waals surface area contributed by atoms with Crippen molar-refractivity contribution in [2.24, 2.45) is 0 Å². The van der Waals surface area contributed by atoms with Gasteiger partial charge in [-0.3, -0.25) is 4.57 Å². The zero-order valence-electron chi connectivity index (χ0n) is 18.8. The van der Waals surface area contributed by atoms with E-state index in [1.54, 1.807) is 31.1 Å². The largest absolute Gasteiger partial charge is 0.383 e. The average Bonchev–Trinajstić information content (AvgIpc) is 3.54. The first-order valence-corrected chi connectivity index (χ1v) is 10.7. The molecule has 1 aliphatic rings. The second-order valence-electron chi connectivity index (χ2n) is 7.70. The van der Waals surface area contributed by atoms with E-state index in [1.807, 2.05) is 19.3 Å². The van der Waals surface area contributed by atoms with Gasteiger partial charge in [0.05, 0.1) is 25.5 Å². The van der Waals surface area contributed by atoms with Gasteiger partial charge in [0.25, 0.3) is 5.89 Å². The van der Waals surface area contributed by atoms with Gasteiger partial charge in [0.2, 0.25) is 5.95 Å². The first kappa shape index (κ1) is 21.2. The maximum atomic E-state index is 5.56. The van der Waals surface area contributed by atoms with Gasteiger partial charge < -0.3 is 23.8 Å². The summed E-state index contributed by atoms with van der Waals surface area (Å²) in [4.78, 5) is 27.4. The SMILES string of the molecule is COCCN(C)c1cc(-c2nc(C)no2)nc2c(N3CCOCC3)nc(-n3ccnc3)nc12. The summed E-state index contributed by atoms with van der Waals surface area (Å²) in [5.74, 6) is 2.14. The number of ether oxygens (including phenoxy) is 2. The number of pyridine rings is 1. The molecule has 0 aromatic carbocycles. The van der Waals surface area contributed by atoms with Crippen molar-refractivity contribution in [2.75, 3.05) is 63.4 Å². The lowest BCUT2D eigenvalue weighted by Crippen LogP contribution is -2.37. The second-order valence-corrected chi connectivity index (χ2v) is 7.70. The maximum Gasteiger partial charge on any atom is 0.276 e. The highest BCUT2D eigenvalue weighted by Gasteiger charge is 2.24. The molecule has 0 aliphatic carbocycles. The van der Waals surface area contributed by atoms with Crippen LogP contribution in [-0.2, 0) is 9.47 Å². The normalized spacial score (nSPS) is 14.2. The number of imidazole rings is 1. The number of methoxy groups -OCH3 is 1. The zero-order chi connectivity index (χ0) is 22.8. The number of hydrogen-bond donors (Lipinski definition) is 0. The fourth-order valence-corrected chi connectivity index (χ4v) is 3.70. The molecule has 0 unspecified atom stereocenters. The number of anilines is 2. The van der Waals surface area contributed by atoms with Crippen LogP contribution < -0.4 is 9.80 Å². The molecular formula is C21H25N9O3. The molecule has 4 aromatic heterocycles. The molecule has 172 valence electrons. The van der Waals surface area contributed by atoms with E-state index in [1.165, 1.54) is 0 Å². The molecule has 0 bridgehead atoms. The molecule has 0 amide bonds. The van der Waals surface area contributed by atoms with Crippen LogP contribution in [0.1, 0.15) is 5.82 Å². The lowest BCUT2D eigenvalue weighted by molar-refractivity contribution is 0.122. The predicted molar refractivity (Wildman–Crippen MR) is 121 cm³/mol. The molecule has 12 nitrogen and oxygen atoms in total. The van der Waals surface area contributed by atoms with Gasteiger partial charge in [-0.1, -0.05) is 5.16 Å². The van der Waals surface area contributed by atoms with Crippen molar-refractivity contribution < 1.29 is 14.0 Å². The summed E-state index contributed by atoms with van der Waals surface area (Å²) in [6, 6.07) is 1.92. The molecule has 1 fully saturated rings. The molecule has 33 heavy (non-hydrogen) atoms. The van der Waals surface area contributed by atoms with Gasteiger partial charge in [0.1, 0.15) is 23.1 Å². The smallest absolute Gasteiger partial charge is 0.276 e. The van der Waals surface area contributed by atoms with Gasteiger partial charge in [-0.2, -0.15) is 9.97 Å². The highest BCUT2D eigenvalue weighted by molar-refractivity contribution is 5.97. The fraction of sp³-hybridized carbons (Fsp3) is 0.429. The third-order valence-corrected chi connectivity index (χ3v) is 5.44. The second kappa shape index (κ2) is 9.08. The Morgan fingerprint density at radius 3 is 2.67 bits per heavy atom. The number of rotatable bonds is 7. The molecule has 0 N–H and O–H groups in total. The minimum atomic E-state index is 0.349. The standard InChI is InChI=1S/C21H25N9O3/c1-14-23-20(33-27-14)15-12-16(28(2)6-9-31-3)17-18(24-15)19(29-7-10-32-11-8-29)26-21(25-17)30-5-4-22-13-30/h4-5,12-13H,6-11H2,1-3H3. The van der Waals surface area contributed by atoms with Crippen LogP contribution in [0, 0.1) is 6.92 Å². The van der Waals surface area contributed by atoms with Crippen LogP contribution in [0.2, 0.25) is 0 Å². The van der Waals surface area contributed by atoms with Crippen LogP contribution in [0.4, 0.5) is 11.5 Å². The van der Waals surface area contributed by atoms with Crippen molar-refractivity contribution in [1.82, 2.24) is 34.6 Å². The van der Waals surface area contributed by atoms with Crippen molar-refractivity contribution >= 4 is 22.5 Å². The van der Waals surface area contributed by atoms with Crippen LogP contribution in [0.5, 0.6) is 0 Å². The molecule has 1 aliphatic heterocycles. The number of nitrogens with zero attached hydrogens (tertiary/aromatic N) is 9. The van der Waals surface area contributed by atoms with Gasteiger partial charge in [-0.25, -0.2) is 15.0 Å². The monoisotopic (exact) mass is 451 g/mol. The van der Waals surface area contributed by atoms with Gasteiger partial charge >= 0.3 is 0 Å². The Labute approximate surface area is 190 Å². The summed E-state index contributed by atoms with van der Waals surface area (Å²) in [5, 5.41) is 3.93. The Bertz CT molecular complexity index is 1240. The summed E-state index contributed by atoms with van der Waals surface area (Å²) in [6.45, 7) is 5.65. The van der Waals surface area contributed by atoms with E-state index in [-0.39, 0.29) is 0 Å². The number of fused-ring (bicyclic) bond motifs is 1. The number of aryl methyl sites for hydroxylation is 1. The fourth-order valence-electron chi connectivity index (χ4n) is 3.70. The Morgan fingerprint density at radius 1 is 1.12 bits per heavy atom. The van der Waals surface area contributed by atoms with Crippen molar-refractivity contribution in [3.05, 3.63) is 30.6 Å². The first-order chi connectivity index (χ1) is 16.1. The highest BCUT2D eigenvalue weighted by Crippen LogP contribution is 2.34. The number of aromatic nitrogens is 7. The van der Waals surface area contributed by atoms with Crippen molar-refractivity contribution in [3.8, 4) is 17.5 Å². The van der Waals surface area contributed by atoms with Crippen molar-refractivity contribution in [3.63, 3.8) is 0 Å². The third kappa shape index (κ3) is 4.22. The minimum absolute atomic E-state index is 0.349. The third-order valence-electron chi connectivity index (χ3n) is 5.44. The lowest BCUT2D eigenvalue weighted by atomic mass is 10.2. The molecule has 0 spiro atoms. The molecule has 0 radical (unpaired) electrons. The number of morpholine rings is 1. The molecule has 5 heterocycles. The predicted octanol–water partition coefficient (Wildman–Crippen LogP) is 1.49. The maximum absolute atomic E-state index is 5.56. The summed E-state index contributed by atoms with van der Waals surface area (Å²) < 4.78 is 18.1. The molecule has 5 rings (SSSR count). The molecule has 0 saturated carbocycles. The highest BCUT2D eigenvalue weighted by atomic mass is 16.5. The van der Waals surface area contributed by atoms with Gasteiger partial charge in [0.15, 0.2) is 11.6 Å². The first-order valence-electron chi connectivity index (χ1n) is 10.7. The van der Waals surface area contributed by atoms with Gasteiger partial charge in [-0.05, 0) is 13.0 Å². The Morgan fingerprint density at radius 2 is 1.97 bits per heavy atom. The molecule has 0 atom stereocenters. The summed E-state index contributed by atoms with van der Waals surface area (Å²) in [6.07, 6.45) is 5.20. The Balaban J connectivity index is 1.76. The van der Waals surface area contributed by atoms with Gasteiger partial charge in [-0.15, -0.1) is 0 Å². The van der Waals surface area contributed by atoms with E-state index in [9.17, 15) is 0 Å². The van der Waals surface area contributed by atoms with Crippen molar-refractivity contribution in [2.45, 2.75) is 6.92 Å². The quantitative estimate of drug-likeness (QED) is 0.406. The Kier molecular flexibility index (Phi) is 5.84. The van der Waals surface area contributed by atoms with Crippen LogP contribution in [0.3, 0.4) is 0 Å². The lowest BCUT2D eigenvalue weighted by Gasteiger charge is -2.29. The van der Waals surface area contributed by atoms with E-state index in [4.69, 9.17) is 28.9 Å². The van der Waals surface area contributed by atoms with E-state index in [0.717, 1.165) is 11.5 Å². The van der Waals surface area contributed by atoms with Crippen LogP contribution in [0.25, 0.3) is 28.6 Å². The van der Waals surface area contributed by atoms with Crippen LogP contribution in [0.15, 0.2) is 29.3 Å². The number of likely N-dealkylation sites (N-methyl/N-ethyl adjacent to an activating group) is 1. The zero-order valence-corrected chi connectivity index (χ0v) is 18.8. The topological polar surface area (TPSA) is 120 Å². The molecule has 1 saturated heterocycles.